The van der Waals surface area contributed by atoms with Crippen molar-refractivity contribution >= 4 is 51.9 Å². The van der Waals surface area contributed by atoms with Crippen molar-refractivity contribution in [2.75, 3.05) is 27.2 Å². The van der Waals surface area contributed by atoms with Gasteiger partial charge in [-0.3, -0.25) is 4.90 Å². The van der Waals surface area contributed by atoms with Crippen LogP contribution in [0.2, 0.25) is 10.0 Å². The molecular weight excluding hydrogens is 521 g/mol. The van der Waals surface area contributed by atoms with E-state index in [9.17, 15) is 0 Å². The molecule has 37 heavy (non-hydrogen) atoms. The lowest BCUT2D eigenvalue weighted by Crippen LogP contribution is -2.40. The maximum Gasteiger partial charge on any atom is 0.174 e. The monoisotopic (exact) mass is 545 g/mol. The zero-order valence-corrected chi connectivity index (χ0v) is 22.8. The molecule has 1 atom stereocenters. The van der Waals surface area contributed by atoms with Crippen molar-refractivity contribution in [1.82, 2.24) is 9.80 Å². The van der Waals surface area contributed by atoms with Crippen molar-refractivity contribution in [3.8, 4) is 5.75 Å². The first-order valence-electron chi connectivity index (χ1n) is 12.0. The maximum absolute atomic E-state index is 6.30. The van der Waals surface area contributed by atoms with Gasteiger partial charge in [0.25, 0.3) is 0 Å². The molecule has 0 fully saturated rings. The van der Waals surface area contributed by atoms with Crippen LogP contribution in [-0.4, -0.2) is 42.2 Å². The average Bonchev–Trinajstić information content (AvgIpc) is 3.33. The van der Waals surface area contributed by atoms with Gasteiger partial charge in [-0.25, -0.2) is 4.99 Å². The lowest BCUT2D eigenvalue weighted by atomic mass is 9.88. The fourth-order valence-electron chi connectivity index (χ4n) is 5.10. The van der Waals surface area contributed by atoms with Gasteiger partial charge in [0.1, 0.15) is 5.75 Å². The van der Waals surface area contributed by atoms with E-state index in [2.05, 4.69) is 64.7 Å². The Labute approximate surface area is 231 Å². The number of amidine groups is 1. The van der Waals surface area contributed by atoms with Gasteiger partial charge in [0, 0.05) is 28.5 Å². The Morgan fingerprint density at radius 3 is 2.27 bits per heavy atom. The highest BCUT2D eigenvalue weighted by Crippen LogP contribution is 2.49. The number of hydrogen-bond donors (Lipinski definition) is 0. The zero-order chi connectivity index (χ0) is 25.5. The maximum atomic E-state index is 6.30. The minimum atomic E-state index is -0.000476. The van der Waals surface area contributed by atoms with Crippen molar-refractivity contribution < 1.29 is 4.74 Å². The molecule has 0 saturated carbocycles. The first-order valence-corrected chi connectivity index (χ1v) is 13.7. The smallest absolute Gasteiger partial charge is 0.174 e. The van der Waals surface area contributed by atoms with Crippen LogP contribution in [0.3, 0.4) is 0 Å². The minimum absolute atomic E-state index is 0.000476. The summed E-state index contributed by atoms with van der Waals surface area (Å²) in [6.07, 6.45) is 2.23. The molecule has 186 valence electrons. The second kappa shape index (κ2) is 10.1. The largest absolute Gasteiger partial charge is 0.497 e. The summed E-state index contributed by atoms with van der Waals surface area (Å²) in [6.45, 7) is 1.66. The van der Waals surface area contributed by atoms with Gasteiger partial charge in [0.15, 0.2) is 5.17 Å². The van der Waals surface area contributed by atoms with Gasteiger partial charge >= 0.3 is 0 Å². The fourth-order valence-corrected chi connectivity index (χ4v) is 6.28. The SMILES string of the molecule is COc1ccc(C2=CSC3=NC4=C(CN(C)C/C4=C\c4ccc(Cl)cc4)C(c4ccc(Cl)cc4)N23)cc1. The Hall–Kier alpha value is -2.96. The minimum Gasteiger partial charge on any atom is -0.497 e. The Kier molecular flexibility index (Phi) is 6.63. The summed E-state index contributed by atoms with van der Waals surface area (Å²) in [4.78, 5) is 9.98. The van der Waals surface area contributed by atoms with Crippen LogP contribution < -0.4 is 4.74 Å². The van der Waals surface area contributed by atoms with E-state index in [1.54, 1.807) is 18.9 Å². The summed E-state index contributed by atoms with van der Waals surface area (Å²) in [5.74, 6) is 0.840. The number of nitrogens with zero attached hydrogens (tertiary/aromatic N) is 3. The van der Waals surface area contributed by atoms with Gasteiger partial charge in [0.2, 0.25) is 0 Å². The molecule has 0 amide bonds. The first kappa shape index (κ1) is 24.4. The molecule has 3 aromatic rings. The topological polar surface area (TPSA) is 28.1 Å². The number of ether oxygens (including phenoxy) is 1. The molecule has 4 nitrogen and oxygen atoms in total. The molecule has 1 unspecified atom stereocenters. The number of methoxy groups -OCH3 is 1. The third-order valence-electron chi connectivity index (χ3n) is 6.81. The predicted octanol–water partition coefficient (Wildman–Crippen LogP) is 7.74. The van der Waals surface area contributed by atoms with Crippen molar-refractivity contribution in [2.24, 2.45) is 4.99 Å². The van der Waals surface area contributed by atoms with Crippen molar-refractivity contribution in [3.63, 3.8) is 0 Å². The summed E-state index contributed by atoms with van der Waals surface area (Å²) in [6, 6.07) is 24.4. The summed E-state index contributed by atoms with van der Waals surface area (Å²) >= 11 is 14.1. The molecule has 3 heterocycles. The Morgan fingerprint density at radius 1 is 0.919 bits per heavy atom. The van der Waals surface area contributed by atoms with E-state index in [1.807, 2.05) is 36.4 Å². The van der Waals surface area contributed by atoms with Crippen LogP contribution in [0, 0.1) is 0 Å². The fraction of sp³-hybridized carbons (Fsp3) is 0.167. The molecule has 0 bridgehead atoms. The quantitative estimate of drug-likeness (QED) is 0.335. The Morgan fingerprint density at radius 2 is 1.59 bits per heavy atom. The molecule has 3 aliphatic rings. The van der Waals surface area contributed by atoms with Crippen molar-refractivity contribution in [2.45, 2.75) is 6.04 Å². The summed E-state index contributed by atoms with van der Waals surface area (Å²) in [5, 5.41) is 4.65. The lowest BCUT2D eigenvalue weighted by Gasteiger charge is -2.42. The standard InChI is InChI=1S/C30H25Cl2N3OS/c1-34-16-22(15-19-3-9-23(31)10-4-19)28-26(17-34)29(21-5-11-24(32)12-6-21)35-27(18-37-30(35)33-28)20-7-13-25(36-2)14-8-20/h3-15,18,29H,16-17H2,1-2H3/b22-15+. The van der Waals surface area contributed by atoms with Gasteiger partial charge < -0.3 is 9.64 Å². The Bertz CT molecular complexity index is 1460. The van der Waals surface area contributed by atoms with Crippen LogP contribution in [0.1, 0.15) is 22.7 Å². The van der Waals surface area contributed by atoms with Crippen LogP contribution in [0.5, 0.6) is 5.75 Å². The van der Waals surface area contributed by atoms with E-state index in [0.717, 1.165) is 56.6 Å². The molecule has 0 saturated heterocycles. The number of rotatable bonds is 4. The number of aliphatic imine (C=N–C) groups is 1. The predicted molar refractivity (Wildman–Crippen MR) is 156 cm³/mol. The van der Waals surface area contributed by atoms with Gasteiger partial charge in [-0.15, -0.1) is 0 Å². The van der Waals surface area contributed by atoms with Gasteiger partial charge in [-0.2, -0.15) is 0 Å². The number of hydrogen-bond acceptors (Lipinski definition) is 5. The van der Waals surface area contributed by atoms with Gasteiger partial charge in [-0.05, 0) is 89.5 Å². The molecule has 6 rings (SSSR count). The highest BCUT2D eigenvalue weighted by molar-refractivity contribution is 8.16. The molecule has 7 heteroatoms. The van der Waals surface area contributed by atoms with Crippen LogP contribution in [-0.2, 0) is 0 Å². The summed E-state index contributed by atoms with van der Waals surface area (Å²) < 4.78 is 5.39. The van der Waals surface area contributed by atoms with Gasteiger partial charge in [-0.1, -0.05) is 59.2 Å². The van der Waals surface area contributed by atoms with Crippen LogP contribution in [0.4, 0.5) is 0 Å². The molecule has 3 aliphatic heterocycles. The molecular formula is C30H25Cl2N3OS. The van der Waals surface area contributed by atoms with E-state index in [0.29, 0.717) is 0 Å². The summed E-state index contributed by atoms with van der Waals surface area (Å²) in [7, 11) is 3.85. The number of fused-ring (bicyclic) bond motifs is 1. The molecule has 3 aromatic carbocycles. The molecule has 0 radical (unpaired) electrons. The van der Waals surface area contributed by atoms with E-state index in [4.69, 9.17) is 32.9 Å². The van der Waals surface area contributed by atoms with E-state index < -0.39 is 0 Å². The Balaban J connectivity index is 1.49. The van der Waals surface area contributed by atoms with E-state index in [1.165, 1.54) is 16.7 Å². The van der Waals surface area contributed by atoms with Crippen molar-refractivity contribution in [3.05, 3.63) is 122 Å². The molecule has 0 aromatic heterocycles. The van der Waals surface area contributed by atoms with Gasteiger partial charge in [0.05, 0.1) is 24.5 Å². The molecule has 0 aliphatic carbocycles. The number of benzene rings is 3. The first-order chi connectivity index (χ1) is 18.0. The zero-order valence-electron chi connectivity index (χ0n) is 20.5. The second-order valence-corrected chi connectivity index (χ2v) is 11.0. The normalized spacial score (nSPS) is 20.5. The highest BCUT2D eigenvalue weighted by atomic mass is 35.5. The lowest BCUT2D eigenvalue weighted by molar-refractivity contribution is 0.344. The number of thioether (sulfide) groups is 1. The molecule has 0 N–H and O–H groups in total. The highest BCUT2D eigenvalue weighted by Gasteiger charge is 2.41. The van der Waals surface area contributed by atoms with Crippen LogP contribution >= 0.6 is 35.0 Å². The average molecular weight is 547 g/mol. The van der Waals surface area contributed by atoms with Crippen molar-refractivity contribution in [1.29, 1.82) is 0 Å². The number of halogens is 2. The van der Waals surface area contributed by atoms with E-state index >= 15 is 0 Å². The molecule has 0 spiro atoms. The summed E-state index contributed by atoms with van der Waals surface area (Å²) in [5.41, 5.74) is 8.13. The second-order valence-electron chi connectivity index (χ2n) is 9.34. The number of likely N-dealkylation sites (N-methyl/N-ethyl adjacent to an activating group) is 1. The van der Waals surface area contributed by atoms with Crippen LogP contribution in [0.25, 0.3) is 11.8 Å². The van der Waals surface area contributed by atoms with E-state index in [-0.39, 0.29) is 6.04 Å². The third kappa shape index (κ3) is 4.73. The third-order valence-corrected chi connectivity index (χ3v) is 8.15. The van der Waals surface area contributed by atoms with Crippen LogP contribution in [0.15, 0.2) is 100 Å².